The molecule has 0 aliphatic carbocycles. The van der Waals surface area contributed by atoms with Gasteiger partial charge in [-0.3, -0.25) is 4.79 Å². The van der Waals surface area contributed by atoms with Gasteiger partial charge in [0.05, 0.1) is 19.6 Å². The molecule has 2 N–H and O–H groups in total. The van der Waals surface area contributed by atoms with Crippen molar-refractivity contribution in [1.29, 1.82) is 0 Å². The van der Waals surface area contributed by atoms with Gasteiger partial charge in [-0.05, 0) is 12.0 Å². The van der Waals surface area contributed by atoms with Crippen molar-refractivity contribution in [2.45, 2.75) is 13.0 Å². The Morgan fingerprint density at radius 3 is 2.96 bits per heavy atom. The van der Waals surface area contributed by atoms with E-state index in [9.17, 15) is 9.90 Å². The second kappa shape index (κ2) is 6.57. The van der Waals surface area contributed by atoms with Crippen molar-refractivity contribution in [3.63, 3.8) is 0 Å². The predicted octanol–water partition coefficient (Wildman–Crippen LogP) is 2.36. The summed E-state index contributed by atoms with van der Waals surface area (Å²) in [5, 5.41) is 12.2. The number of aromatic nitrogens is 2. The van der Waals surface area contributed by atoms with Crippen LogP contribution in [0.1, 0.15) is 5.69 Å². The number of pyridine rings is 1. The Hall–Kier alpha value is -2.66. The van der Waals surface area contributed by atoms with Crippen LogP contribution in [-0.2, 0) is 22.5 Å². The minimum Gasteiger partial charge on any atom is -0.469 e. The number of esters is 1. The van der Waals surface area contributed by atoms with Crippen molar-refractivity contribution in [2.75, 3.05) is 13.7 Å². The number of rotatable bonds is 4. The van der Waals surface area contributed by atoms with Gasteiger partial charge in [0, 0.05) is 34.7 Å². The molecule has 0 amide bonds. The number of aliphatic hydroxyl groups excluding tert-OH is 1. The van der Waals surface area contributed by atoms with E-state index >= 15 is 0 Å². The summed E-state index contributed by atoms with van der Waals surface area (Å²) < 4.78 is 7.15. The van der Waals surface area contributed by atoms with Crippen LogP contribution >= 0.6 is 0 Å². The number of carbonyl (C=O) groups is 1. The second-order valence-corrected chi connectivity index (χ2v) is 6.95. The van der Waals surface area contributed by atoms with Crippen LogP contribution in [0.4, 0.5) is 0 Å². The molecule has 5 heteroatoms. The number of aromatic amines is 1. The second-order valence-electron chi connectivity index (χ2n) is 6.95. The third-order valence-corrected chi connectivity index (χ3v) is 5.71. The fourth-order valence-electron chi connectivity index (χ4n) is 4.32. The minimum absolute atomic E-state index is 0.0398. The first-order valence-electron chi connectivity index (χ1n) is 8.91. The summed E-state index contributed by atoms with van der Waals surface area (Å²) in [6.45, 7) is 4.47. The quantitative estimate of drug-likeness (QED) is 0.431. The van der Waals surface area contributed by atoms with Crippen molar-refractivity contribution in [2.24, 2.45) is 17.8 Å². The summed E-state index contributed by atoms with van der Waals surface area (Å²) in [4.78, 5) is 15.7. The maximum atomic E-state index is 12.2. The van der Waals surface area contributed by atoms with E-state index < -0.39 is 5.92 Å². The molecular formula is C21H23N2O3+. The molecule has 3 atom stereocenters. The van der Waals surface area contributed by atoms with E-state index in [4.69, 9.17) is 4.74 Å². The van der Waals surface area contributed by atoms with E-state index in [-0.39, 0.29) is 24.4 Å². The number of nitrogens with one attached hydrogen (secondary N) is 1. The van der Waals surface area contributed by atoms with Gasteiger partial charge >= 0.3 is 5.97 Å². The van der Waals surface area contributed by atoms with Crippen molar-refractivity contribution in [3.05, 3.63) is 54.9 Å². The number of nitrogens with zero attached hydrogens (tertiary/aromatic N) is 1. The molecule has 0 unspecified atom stereocenters. The molecule has 134 valence electrons. The molecule has 1 aliphatic heterocycles. The molecule has 26 heavy (non-hydrogen) atoms. The van der Waals surface area contributed by atoms with Crippen LogP contribution in [-0.4, -0.2) is 29.8 Å². The molecule has 1 aliphatic rings. The molecule has 3 heterocycles. The molecule has 2 aromatic heterocycles. The monoisotopic (exact) mass is 351 g/mol. The molecule has 3 aromatic rings. The first-order chi connectivity index (χ1) is 12.7. The highest BCUT2D eigenvalue weighted by Gasteiger charge is 2.41. The van der Waals surface area contributed by atoms with Crippen LogP contribution in [0.3, 0.4) is 0 Å². The van der Waals surface area contributed by atoms with Gasteiger partial charge in [0.15, 0.2) is 12.7 Å². The zero-order valence-electron chi connectivity index (χ0n) is 14.8. The van der Waals surface area contributed by atoms with E-state index in [1.807, 2.05) is 18.2 Å². The summed E-state index contributed by atoms with van der Waals surface area (Å²) >= 11 is 0. The molecule has 0 bridgehead atoms. The molecule has 0 fully saturated rings. The number of allylic oxidation sites excluding steroid dienone is 1. The molecule has 4 rings (SSSR count). The predicted molar refractivity (Wildman–Crippen MR) is 99.5 cm³/mol. The van der Waals surface area contributed by atoms with Crippen molar-refractivity contribution < 1.29 is 19.2 Å². The Bertz CT molecular complexity index is 991. The first-order valence-corrected chi connectivity index (χ1v) is 8.91. The molecule has 5 nitrogen and oxygen atoms in total. The lowest BCUT2D eigenvalue weighted by Crippen LogP contribution is -2.51. The molecule has 0 saturated heterocycles. The van der Waals surface area contributed by atoms with Crippen LogP contribution < -0.4 is 4.57 Å². The normalized spacial score (nSPS) is 20.7. The summed E-state index contributed by atoms with van der Waals surface area (Å²) in [6, 6.07) is 10.4. The van der Waals surface area contributed by atoms with Crippen molar-refractivity contribution in [1.82, 2.24) is 4.98 Å². The fourth-order valence-corrected chi connectivity index (χ4v) is 4.32. The topological polar surface area (TPSA) is 66.2 Å². The van der Waals surface area contributed by atoms with Crippen molar-refractivity contribution in [3.8, 4) is 0 Å². The Labute approximate surface area is 151 Å². The standard InChI is InChI=1S/C21H22N2O3/c1-3-13-11-23-9-8-15-14-6-4-5-7-18(14)22-20(15)19(23)10-16(13)17(12-24)21(25)26-2/h3-9,13,16-17,24H,1,10-12H2,2H3/p+1/t13-,16-,17-/m0/s1. The number of aliphatic hydroxyl groups is 1. The Morgan fingerprint density at radius 2 is 2.23 bits per heavy atom. The molecule has 0 spiro atoms. The molecule has 1 aromatic carbocycles. The van der Waals surface area contributed by atoms with Gasteiger partial charge in [0.25, 0.3) is 0 Å². The zero-order chi connectivity index (χ0) is 18.3. The number of ether oxygens (including phenoxy) is 1. The highest BCUT2D eigenvalue weighted by atomic mass is 16.5. The number of H-pyrrole nitrogens is 1. The number of carbonyl (C=O) groups excluding carboxylic acids is 1. The van der Waals surface area contributed by atoms with Gasteiger partial charge in [0.1, 0.15) is 5.52 Å². The highest BCUT2D eigenvalue weighted by Crippen LogP contribution is 2.34. The number of methoxy groups -OCH3 is 1. The van der Waals surface area contributed by atoms with E-state index in [1.54, 1.807) is 0 Å². The number of benzene rings is 1. The smallest absolute Gasteiger partial charge is 0.311 e. The van der Waals surface area contributed by atoms with E-state index in [2.05, 4.69) is 40.5 Å². The maximum absolute atomic E-state index is 12.2. The Morgan fingerprint density at radius 1 is 1.42 bits per heavy atom. The third kappa shape index (κ3) is 2.51. The van der Waals surface area contributed by atoms with Crippen LogP contribution in [0.2, 0.25) is 0 Å². The third-order valence-electron chi connectivity index (χ3n) is 5.71. The SMILES string of the molecule is C=C[C@H]1C[n+]2ccc3c([nH]c4ccccc43)c2C[C@@H]1[C@H](CO)C(=O)OC. The van der Waals surface area contributed by atoms with E-state index in [0.717, 1.165) is 23.3 Å². The average molecular weight is 351 g/mol. The zero-order valence-corrected chi connectivity index (χ0v) is 14.8. The van der Waals surface area contributed by atoms with Gasteiger partial charge in [-0.15, -0.1) is 6.58 Å². The van der Waals surface area contributed by atoms with Gasteiger partial charge in [-0.25, -0.2) is 0 Å². The van der Waals surface area contributed by atoms with Crippen LogP contribution in [0.5, 0.6) is 0 Å². The minimum atomic E-state index is -0.545. The average Bonchev–Trinajstić information content (AvgIpc) is 3.07. The summed E-state index contributed by atoms with van der Waals surface area (Å²) in [5.74, 6) is -0.842. The summed E-state index contributed by atoms with van der Waals surface area (Å²) in [7, 11) is 1.37. The summed E-state index contributed by atoms with van der Waals surface area (Å²) in [5.41, 5.74) is 3.36. The maximum Gasteiger partial charge on any atom is 0.311 e. The van der Waals surface area contributed by atoms with E-state index in [0.29, 0.717) is 6.42 Å². The molecular weight excluding hydrogens is 328 g/mol. The largest absolute Gasteiger partial charge is 0.469 e. The highest BCUT2D eigenvalue weighted by molar-refractivity contribution is 6.07. The fraction of sp³-hybridized carbons (Fsp3) is 0.333. The lowest BCUT2D eigenvalue weighted by Gasteiger charge is -2.31. The van der Waals surface area contributed by atoms with Crippen molar-refractivity contribution >= 4 is 27.8 Å². The Kier molecular flexibility index (Phi) is 4.24. The van der Waals surface area contributed by atoms with Crippen LogP contribution in [0, 0.1) is 17.8 Å². The number of hydrogen-bond donors (Lipinski definition) is 2. The van der Waals surface area contributed by atoms with Crippen LogP contribution in [0.25, 0.3) is 21.8 Å². The number of hydrogen-bond acceptors (Lipinski definition) is 3. The molecule has 0 radical (unpaired) electrons. The number of fused-ring (bicyclic) bond motifs is 5. The summed E-state index contributed by atoms with van der Waals surface area (Å²) in [6.07, 6.45) is 4.68. The lowest BCUT2D eigenvalue weighted by atomic mass is 9.76. The Balaban J connectivity index is 1.85. The van der Waals surface area contributed by atoms with E-state index in [1.165, 1.54) is 17.9 Å². The van der Waals surface area contributed by atoms with Gasteiger partial charge < -0.3 is 14.8 Å². The lowest BCUT2D eigenvalue weighted by molar-refractivity contribution is -0.715. The van der Waals surface area contributed by atoms with Gasteiger partial charge in [-0.2, -0.15) is 4.57 Å². The van der Waals surface area contributed by atoms with Crippen LogP contribution in [0.15, 0.2) is 49.2 Å². The molecule has 0 saturated carbocycles. The number of para-hydroxylation sites is 1. The first kappa shape index (κ1) is 16.8. The van der Waals surface area contributed by atoms with Gasteiger partial charge in [-0.1, -0.05) is 24.3 Å². The van der Waals surface area contributed by atoms with Gasteiger partial charge in [0.2, 0.25) is 5.69 Å².